The molecule has 0 radical (unpaired) electrons. The van der Waals surface area contributed by atoms with Crippen LogP contribution in [0.4, 0.5) is 0 Å². The van der Waals surface area contributed by atoms with Gasteiger partial charge in [0.1, 0.15) is 0 Å². The Kier molecular flexibility index (Phi) is 4.61. The van der Waals surface area contributed by atoms with Gasteiger partial charge < -0.3 is 5.32 Å². The summed E-state index contributed by atoms with van der Waals surface area (Å²) >= 11 is 0. The van der Waals surface area contributed by atoms with Crippen LogP contribution in [0.1, 0.15) is 57.2 Å². The summed E-state index contributed by atoms with van der Waals surface area (Å²) in [7, 11) is 0. The van der Waals surface area contributed by atoms with E-state index < -0.39 is 0 Å². The van der Waals surface area contributed by atoms with E-state index >= 15 is 0 Å². The molecule has 2 rings (SSSR count). The van der Waals surface area contributed by atoms with Gasteiger partial charge in [0.2, 0.25) is 0 Å². The molecule has 1 fully saturated rings. The highest BCUT2D eigenvalue weighted by Crippen LogP contribution is 2.30. The van der Waals surface area contributed by atoms with E-state index in [9.17, 15) is 0 Å². The summed E-state index contributed by atoms with van der Waals surface area (Å²) in [5.74, 6) is 1.51. The van der Waals surface area contributed by atoms with Gasteiger partial charge in [-0.05, 0) is 49.3 Å². The van der Waals surface area contributed by atoms with E-state index in [1.807, 2.05) is 12.1 Å². The molecule has 3 atom stereocenters. The molecule has 1 aromatic rings. The average molecular weight is 256 g/mol. The number of nitrogens with one attached hydrogen (secondary N) is 1. The summed E-state index contributed by atoms with van der Waals surface area (Å²) in [6.45, 7) is 6.94. The molecular weight excluding hydrogens is 232 g/mol. The lowest BCUT2D eigenvalue weighted by molar-refractivity contribution is 0.196. The number of rotatable bonds is 3. The summed E-state index contributed by atoms with van der Waals surface area (Å²) in [6.07, 6.45) is 4.04. The molecule has 0 saturated heterocycles. The van der Waals surface area contributed by atoms with Gasteiger partial charge in [0.05, 0.1) is 11.6 Å². The minimum atomic E-state index is 0.348. The minimum absolute atomic E-state index is 0.348. The highest BCUT2D eigenvalue weighted by Gasteiger charge is 2.28. The van der Waals surface area contributed by atoms with Crippen molar-refractivity contribution in [2.45, 2.75) is 52.1 Å². The molecule has 1 aliphatic rings. The van der Waals surface area contributed by atoms with E-state index in [4.69, 9.17) is 5.26 Å². The van der Waals surface area contributed by atoms with Crippen molar-refractivity contribution in [3.05, 3.63) is 35.4 Å². The molecule has 1 aliphatic carbocycles. The van der Waals surface area contributed by atoms with E-state index in [0.29, 0.717) is 12.1 Å². The number of nitriles is 1. The lowest BCUT2D eigenvalue weighted by Crippen LogP contribution is -2.43. The summed E-state index contributed by atoms with van der Waals surface area (Å²) < 4.78 is 0. The second kappa shape index (κ2) is 6.21. The normalized spacial score (nSPS) is 28.6. The van der Waals surface area contributed by atoms with Crippen molar-refractivity contribution in [2.24, 2.45) is 11.8 Å². The fraction of sp³-hybridized carbons (Fsp3) is 0.588. The molecule has 1 aromatic carbocycles. The largest absolute Gasteiger partial charge is 0.307 e. The van der Waals surface area contributed by atoms with Gasteiger partial charge in [0, 0.05) is 12.1 Å². The van der Waals surface area contributed by atoms with Crippen LogP contribution in [0, 0.1) is 23.2 Å². The predicted molar refractivity (Wildman–Crippen MR) is 78.7 cm³/mol. The number of hydrogen-bond donors (Lipinski definition) is 1. The number of benzene rings is 1. The highest BCUT2D eigenvalue weighted by molar-refractivity contribution is 5.32. The van der Waals surface area contributed by atoms with Gasteiger partial charge >= 0.3 is 0 Å². The topological polar surface area (TPSA) is 35.8 Å². The first-order valence-corrected chi connectivity index (χ1v) is 7.38. The molecule has 1 saturated carbocycles. The van der Waals surface area contributed by atoms with Crippen LogP contribution in [0.25, 0.3) is 0 Å². The third kappa shape index (κ3) is 3.36. The lowest BCUT2D eigenvalue weighted by Gasteiger charge is -2.37. The Labute approximate surface area is 116 Å². The van der Waals surface area contributed by atoms with E-state index in [-0.39, 0.29) is 0 Å². The Hall–Kier alpha value is -1.33. The summed E-state index contributed by atoms with van der Waals surface area (Å²) in [4.78, 5) is 0. The average Bonchev–Trinajstić information content (AvgIpc) is 2.43. The van der Waals surface area contributed by atoms with Crippen molar-refractivity contribution < 1.29 is 0 Å². The minimum Gasteiger partial charge on any atom is -0.307 e. The van der Waals surface area contributed by atoms with Crippen molar-refractivity contribution in [3.8, 4) is 6.07 Å². The maximum Gasteiger partial charge on any atom is 0.0991 e. The molecule has 0 bridgehead atoms. The molecular formula is C17H24N2. The first-order chi connectivity index (χ1) is 9.11. The van der Waals surface area contributed by atoms with Gasteiger partial charge in [-0.1, -0.05) is 32.4 Å². The molecule has 1 N–H and O–H groups in total. The van der Waals surface area contributed by atoms with E-state index in [0.717, 1.165) is 17.4 Å². The molecule has 3 unspecified atom stereocenters. The van der Waals surface area contributed by atoms with Crippen LogP contribution in [0.2, 0.25) is 0 Å². The van der Waals surface area contributed by atoms with Gasteiger partial charge in [0.15, 0.2) is 0 Å². The molecule has 0 heterocycles. The third-order valence-corrected chi connectivity index (χ3v) is 4.53. The molecule has 2 nitrogen and oxygen atoms in total. The van der Waals surface area contributed by atoms with Gasteiger partial charge in [-0.2, -0.15) is 5.26 Å². The van der Waals surface area contributed by atoms with Crippen LogP contribution in [0.5, 0.6) is 0 Å². The molecule has 102 valence electrons. The van der Waals surface area contributed by atoms with Gasteiger partial charge in [-0.15, -0.1) is 0 Å². The lowest BCUT2D eigenvalue weighted by atomic mass is 9.78. The Bertz CT molecular complexity index is 433. The molecule has 0 aliphatic heterocycles. The summed E-state index contributed by atoms with van der Waals surface area (Å²) in [5, 5.41) is 12.6. The standard InChI is InChI=1S/C17H24N2/c1-12-5-4-6-13(2)17(12)19-14(3)16-9-7-15(11-18)8-10-16/h7-10,12-14,17,19H,4-6H2,1-3H3. The zero-order chi connectivity index (χ0) is 13.8. The third-order valence-electron chi connectivity index (χ3n) is 4.53. The molecule has 0 spiro atoms. The van der Waals surface area contributed by atoms with Crippen LogP contribution >= 0.6 is 0 Å². The fourth-order valence-electron chi connectivity index (χ4n) is 3.24. The maximum absolute atomic E-state index is 8.83. The highest BCUT2D eigenvalue weighted by atomic mass is 15.0. The van der Waals surface area contributed by atoms with Gasteiger partial charge in [-0.3, -0.25) is 0 Å². The van der Waals surface area contributed by atoms with Crippen molar-refractivity contribution in [1.82, 2.24) is 5.32 Å². The fourth-order valence-corrected chi connectivity index (χ4v) is 3.24. The number of nitrogens with zero attached hydrogens (tertiary/aromatic N) is 1. The monoisotopic (exact) mass is 256 g/mol. The van der Waals surface area contributed by atoms with Crippen molar-refractivity contribution in [2.75, 3.05) is 0 Å². The van der Waals surface area contributed by atoms with Crippen molar-refractivity contribution in [1.29, 1.82) is 5.26 Å². The van der Waals surface area contributed by atoms with Gasteiger partial charge in [0.25, 0.3) is 0 Å². The smallest absolute Gasteiger partial charge is 0.0991 e. The molecule has 0 amide bonds. The maximum atomic E-state index is 8.83. The van der Waals surface area contributed by atoms with Crippen LogP contribution < -0.4 is 5.32 Å². The van der Waals surface area contributed by atoms with Crippen molar-refractivity contribution >= 4 is 0 Å². The zero-order valence-corrected chi connectivity index (χ0v) is 12.2. The van der Waals surface area contributed by atoms with Crippen molar-refractivity contribution in [3.63, 3.8) is 0 Å². The summed E-state index contributed by atoms with van der Waals surface area (Å²) in [6, 6.07) is 11.1. The molecule has 0 aromatic heterocycles. The second-order valence-corrected chi connectivity index (χ2v) is 6.03. The summed E-state index contributed by atoms with van der Waals surface area (Å²) in [5.41, 5.74) is 2.00. The predicted octanol–water partition coefficient (Wildman–Crippen LogP) is 4.03. The van der Waals surface area contributed by atoms with E-state index in [1.54, 1.807) is 0 Å². The Morgan fingerprint density at radius 1 is 1.16 bits per heavy atom. The zero-order valence-electron chi connectivity index (χ0n) is 12.2. The van der Waals surface area contributed by atoms with Crippen LogP contribution in [-0.2, 0) is 0 Å². The quantitative estimate of drug-likeness (QED) is 0.886. The van der Waals surface area contributed by atoms with Gasteiger partial charge in [-0.25, -0.2) is 0 Å². The Balaban J connectivity index is 2.03. The molecule has 19 heavy (non-hydrogen) atoms. The van der Waals surface area contributed by atoms with Crippen LogP contribution in [0.3, 0.4) is 0 Å². The molecule has 2 heteroatoms. The SMILES string of the molecule is CC(NC1C(C)CCCC1C)c1ccc(C#N)cc1. The Morgan fingerprint density at radius 2 is 1.74 bits per heavy atom. The first kappa shape index (κ1) is 14.1. The first-order valence-electron chi connectivity index (χ1n) is 7.38. The van der Waals surface area contributed by atoms with E-state index in [2.05, 4.69) is 44.3 Å². The Morgan fingerprint density at radius 3 is 2.26 bits per heavy atom. The van der Waals surface area contributed by atoms with Crippen LogP contribution in [0.15, 0.2) is 24.3 Å². The van der Waals surface area contributed by atoms with E-state index in [1.165, 1.54) is 24.8 Å². The second-order valence-electron chi connectivity index (χ2n) is 6.03. The van der Waals surface area contributed by atoms with Crippen LogP contribution in [-0.4, -0.2) is 6.04 Å². The number of hydrogen-bond acceptors (Lipinski definition) is 2.